The van der Waals surface area contributed by atoms with Crippen molar-refractivity contribution in [2.45, 2.75) is 27.2 Å². The Morgan fingerprint density at radius 3 is 2.08 bits per heavy atom. The number of carbonyl (C=O) groups is 1. The molecule has 0 spiro atoms. The number of aromatic nitrogens is 4. The monoisotopic (exact) mass is 516 g/mol. The van der Waals surface area contributed by atoms with Crippen molar-refractivity contribution in [2.75, 3.05) is 31.1 Å². The Balaban J connectivity index is 1.35. The van der Waals surface area contributed by atoms with Crippen LogP contribution < -0.4 is 4.90 Å². The van der Waals surface area contributed by atoms with Gasteiger partial charge in [-0.1, -0.05) is 65.7 Å². The van der Waals surface area contributed by atoms with Gasteiger partial charge in [-0.15, -0.1) is 0 Å². The molecule has 7 heteroatoms. The standard InChI is InChI=1S/C32H32N6O/c1-22-9-13-25(14-10-22)21-28-33-30(29-24(3)35-38(31(29)34-28)27-7-5-4-6-8-27)36-17-19-37(20-18-36)32(39)26-15-11-23(2)12-16-26/h4-16H,17-21H2,1-3H3. The molecule has 1 aliphatic heterocycles. The van der Waals surface area contributed by atoms with Gasteiger partial charge in [0, 0.05) is 38.2 Å². The lowest BCUT2D eigenvalue weighted by Gasteiger charge is -2.36. The van der Waals surface area contributed by atoms with Gasteiger partial charge in [-0.25, -0.2) is 14.6 Å². The zero-order valence-electron chi connectivity index (χ0n) is 22.6. The summed E-state index contributed by atoms with van der Waals surface area (Å²) in [6, 6.07) is 26.4. The van der Waals surface area contributed by atoms with Crippen LogP contribution in [0.1, 0.15) is 38.6 Å². The summed E-state index contributed by atoms with van der Waals surface area (Å²) in [7, 11) is 0. The summed E-state index contributed by atoms with van der Waals surface area (Å²) in [5.41, 5.74) is 6.95. The van der Waals surface area contributed by atoms with Crippen LogP contribution in [0.5, 0.6) is 0 Å². The van der Waals surface area contributed by atoms with Crippen LogP contribution in [0.2, 0.25) is 0 Å². The van der Waals surface area contributed by atoms with Gasteiger partial charge in [0.25, 0.3) is 5.91 Å². The van der Waals surface area contributed by atoms with Crippen molar-refractivity contribution in [3.8, 4) is 5.69 Å². The van der Waals surface area contributed by atoms with Crippen molar-refractivity contribution >= 4 is 22.8 Å². The Hall–Kier alpha value is -4.52. The Morgan fingerprint density at radius 2 is 1.41 bits per heavy atom. The van der Waals surface area contributed by atoms with Crippen LogP contribution in [0.4, 0.5) is 5.82 Å². The number of rotatable bonds is 5. The Labute approximate surface area is 228 Å². The molecule has 0 N–H and O–H groups in total. The van der Waals surface area contributed by atoms with Crippen molar-refractivity contribution in [1.29, 1.82) is 0 Å². The summed E-state index contributed by atoms with van der Waals surface area (Å²) >= 11 is 0. The van der Waals surface area contributed by atoms with Crippen LogP contribution in [-0.4, -0.2) is 56.7 Å². The number of para-hydroxylation sites is 1. The molecule has 1 fully saturated rings. The summed E-state index contributed by atoms with van der Waals surface area (Å²) < 4.78 is 1.92. The molecule has 196 valence electrons. The molecule has 7 nitrogen and oxygen atoms in total. The molecular formula is C32H32N6O. The lowest BCUT2D eigenvalue weighted by atomic mass is 10.1. The predicted octanol–water partition coefficient (Wildman–Crippen LogP) is 5.29. The summed E-state index contributed by atoms with van der Waals surface area (Å²) in [6.45, 7) is 8.81. The highest BCUT2D eigenvalue weighted by Gasteiger charge is 2.27. The summed E-state index contributed by atoms with van der Waals surface area (Å²) in [5.74, 6) is 1.73. The zero-order valence-corrected chi connectivity index (χ0v) is 22.6. The third-order valence-corrected chi connectivity index (χ3v) is 7.38. The zero-order chi connectivity index (χ0) is 26.9. The van der Waals surface area contributed by atoms with Crippen molar-refractivity contribution in [2.24, 2.45) is 0 Å². The minimum absolute atomic E-state index is 0.0793. The number of carbonyl (C=O) groups excluding carboxylic acids is 1. The lowest BCUT2D eigenvalue weighted by molar-refractivity contribution is 0.0746. The molecule has 6 rings (SSSR count). The quantitative estimate of drug-likeness (QED) is 0.317. The first-order valence-electron chi connectivity index (χ1n) is 13.4. The number of benzene rings is 3. The molecule has 0 bridgehead atoms. The van der Waals surface area contributed by atoms with Gasteiger partial charge in [0.2, 0.25) is 0 Å². The largest absolute Gasteiger partial charge is 0.352 e. The molecule has 0 atom stereocenters. The third-order valence-electron chi connectivity index (χ3n) is 7.38. The molecule has 0 radical (unpaired) electrons. The highest BCUT2D eigenvalue weighted by molar-refractivity contribution is 5.95. The number of fused-ring (bicyclic) bond motifs is 1. The number of hydrogen-bond acceptors (Lipinski definition) is 5. The first-order chi connectivity index (χ1) is 19.0. The molecule has 1 amide bonds. The van der Waals surface area contributed by atoms with Crippen LogP contribution in [0, 0.1) is 20.8 Å². The van der Waals surface area contributed by atoms with Crippen molar-refractivity contribution < 1.29 is 4.79 Å². The second-order valence-corrected chi connectivity index (χ2v) is 10.3. The fourth-order valence-corrected chi connectivity index (χ4v) is 5.15. The van der Waals surface area contributed by atoms with Crippen molar-refractivity contribution in [3.05, 3.63) is 113 Å². The molecule has 3 heterocycles. The van der Waals surface area contributed by atoms with E-state index in [1.54, 1.807) is 0 Å². The van der Waals surface area contributed by atoms with Crippen molar-refractivity contribution in [1.82, 2.24) is 24.6 Å². The van der Waals surface area contributed by atoms with E-state index in [0.29, 0.717) is 32.6 Å². The van der Waals surface area contributed by atoms with Gasteiger partial charge in [0.15, 0.2) is 5.65 Å². The van der Waals surface area contributed by atoms with E-state index in [2.05, 4.69) is 36.1 Å². The lowest BCUT2D eigenvalue weighted by Crippen LogP contribution is -2.49. The van der Waals surface area contributed by atoms with Gasteiger partial charge in [-0.05, 0) is 50.6 Å². The molecule has 0 saturated carbocycles. The minimum atomic E-state index is 0.0793. The first kappa shape index (κ1) is 24.8. The SMILES string of the molecule is Cc1ccc(Cc2nc(N3CCN(C(=O)c4ccc(C)cc4)CC3)c3c(C)nn(-c4ccccc4)c3n2)cc1. The van der Waals surface area contributed by atoms with E-state index in [4.69, 9.17) is 15.1 Å². The van der Waals surface area contributed by atoms with E-state index in [1.165, 1.54) is 11.1 Å². The smallest absolute Gasteiger partial charge is 0.253 e. The molecular weight excluding hydrogens is 484 g/mol. The number of anilines is 1. The Morgan fingerprint density at radius 1 is 0.769 bits per heavy atom. The molecule has 5 aromatic rings. The van der Waals surface area contributed by atoms with Crippen LogP contribution in [0.15, 0.2) is 78.9 Å². The molecule has 1 aliphatic rings. The fraction of sp³-hybridized carbons (Fsp3) is 0.250. The molecule has 39 heavy (non-hydrogen) atoms. The molecule has 0 unspecified atom stereocenters. The van der Waals surface area contributed by atoms with E-state index in [0.717, 1.165) is 45.2 Å². The van der Waals surface area contributed by atoms with Crippen LogP contribution in [0.25, 0.3) is 16.7 Å². The Bertz CT molecular complexity index is 1620. The van der Waals surface area contributed by atoms with E-state index in [1.807, 2.05) is 78.0 Å². The second kappa shape index (κ2) is 10.3. The van der Waals surface area contributed by atoms with Gasteiger partial charge in [-0.2, -0.15) is 5.10 Å². The van der Waals surface area contributed by atoms with Crippen LogP contribution >= 0.6 is 0 Å². The van der Waals surface area contributed by atoms with Crippen LogP contribution in [0.3, 0.4) is 0 Å². The highest BCUT2D eigenvalue weighted by Crippen LogP contribution is 2.30. The maximum Gasteiger partial charge on any atom is 0.253 e. The van der Waals surface area contributed by atoms with Crippen LogP contribution in [-0.2, 0) is 6.42 Å². The third kappa shape index (κ3) is 5.00. The first-order valence-corrected chi connectivity index (χ1v) is 13.4. The summed E-state index contributed by atoms with van der Waals surface area (Å²) in [4.78, 5) is 27.5. The number of nitrogens with zero attached hydrogens (tertiary/aromatic N) is 6. The van der Waals surface area contributed by atoms with Gasteiger partial charge >= 0.3 is 0 Å². The molecule has 0 aliphatic carbocycles. The average Bonchev–Trinajstić information content (AvgIpc) is 3.30. The Kier molecular flexibility index (Phi) is 6.57. The average molecular weight is 517 g/mol. The summed E-state index contributed by atoms with van der Waals surface area (Å²) in [5, 5.41) is 5.85. The van der Waals surface area contributed by atoms with E-state index < -0.39 is 0 Å². The molecule has 2 aromatic heterocycles. The number of hydrogen-bond donors (Lipinski definition) is 0. The maximum absolute atomic E-state index is 13.1. The highest BCUT2D eigenvalue weighted by atomic mass is 16.2. The fourth-order valence-electron chi connectivity index (χ4n) is 5.15. The van der Waals surface area contributed by atoms with Gasteiger partial charge in [-0.3, -0.25) is 4.79 Å². The maximum atomic E-state index is 13.1. The number of piperazine rings is 1. The van der Waals surface area contributed by atoms with E-state index >= 15 is 0 Å². The number of aryl methyl sites for hydroxylation is 3. The second-order valence-electron chi connectivity index (χ2n) is 10.3. The topological polar surface area (TPSA) is 67.2 Å². The normalized spacial score (nSPS) is 13.7. The minimum Gasteiger partial charge on any atom is -0.352 e. The van der Waals surface area contributed by atoms with Gasteiger partial charge in [0.1, 0.15) is 11.6 Å². The molecule has 3 aromatic carbocycles. The van der Waals surface area contributed by atoms with E-state index in [-0.39, 0.29) is 5.91 Å². The van der Waals surface area contributed by atoms with Gasteiger partial charge in [0.05, 0.1) is 16.8 Å². The number of amides is 1. The molecule has 1 saturated heterocycles. The van der Waals surface area contributed by atoms with Crippen molar-refractivity contribution in [3.63, 3.8) is 0 Å². The predicted molar refractivity (Wildman–Crippen MR) is 155 cm³/mol. The van der Waals surface area contributed by atoms with Gasteiger partial charge < -0.3 is 9.80 Å². The van der Waals surface area contributed by atoms with E-state index in [9.17, 15) is 4.79 Å². The summed E-state index contributed by atoms with van der Waals surface area (Å²) in [6.07, 6.45) is 0.633.